The van der Waals surface area contributed by atoms with Crippen molar-refractivity contribution < 1.29 is 19.2 Å². The third-order valence-corrected chi connectivity index (χ3v) is 6.69. The Hall–Kier alpha value is -3.70. The van der Waals surface area contributed by atoms with Gasteiger partial charge in [-0.05, 0) is 67.7 Å². The van der Waals surface area contributed by atoms with Crippen molar-refractivity contribution in [1.82, 2.24) is 4.90 Å². The van der Waals surface area contributed by atoms with Crippen LogP contribution in [0.25, 0.3) is 6.08 Å². The number of anilines is 2. The predicted molar refractivity (Wildman–Crippen MR) is 136 cm³/mol. The van der Waals surface area contributed by atoms with Gasteiger partial charge in [0.1, 0.15) is 5.69 Å². The number of piperazine rings is 1. The van der Waals surface area contributed by atoms with Gasteiger partial charge in [-0.3, -0.25) is 25.2 Å². The molecule has 10 nitrogen and oxygen atoms in total. The van der Waals surface area contributed by atoms with Crippen LogP contribution in [-0.4, -0.2) is 66.7 Å². The molecule has 0 spiro atoms. The van der Waals surface area contributed by atoms with E-state index in [-0.39, 0.29) is 22.4 Å². The zero-order valence-corrected chi connectivity index (χ0v) is 20.2. The second-order valence-electron chi connectivity index (χ2n) is 8.12. The van der Waals surface area contributed by atoms with E-state index in [0.717, 1.165) is 24.9 Å². The minimum absolute atomic E-state index is 0.00805. The molecule has 2 fully saturated rings. The number of benzene rings is 2. The maximum atomic E-state index is 13.1. The van der Waals surface area contributed by atoms with Gasteiger partial charge >= 0.3 is 5.97 Å². The molecule has 2 aromatic carbocycles. The fourth-order valence-electron chi connectivity index (χ4n) is 3.93. The number of amidine groups is 1. The second kappa shape index (κ2) is 10.3. The molecule has 35 heavy (non-hydrogen) atoms. The van der Waals surface area contributed by atoms with Crippen molar-refractivity contribution in [3.8, 4) is 0 Å². The number of likely N-dealkylation sites (N-methyl/N-ethyl adjacent to an activating group) is 1. The summed E-state index contributed by atoms with van der Waals surface area (Å²) < 4.78 is 4.97. The first-order chi connectivity index (χ1) is 16.8. The predicted octanol–water partition coefficient (Wildman–Crippen LogP) is 3.58. The Morgan fingerprint density at radius 2 is 1.86 bits per heavy atom. The lowest BCUT2D eigenvalue weighted by Crippen LogP contribution is -2.44. The minimum atomic E-state index is -0.460. The Morgan fingerprint density at radius 3 is 2.49 bits per heavy atom. The van der Waals surface area contributed by atoms with Gasteiger partial charge in [0.15, 0.2) is 5.17 Å². The van der Waals surface area contributed by atoms with Crippen LogP contribution in [0.2, 0.25) is 0 Å². The lowest BCUT2D eigenvalue weighted by Gasteiger charge is -2.33. The highest BCUT2D eigenvalue weighted by molar-refractivity contribution is 8.19. The average molecular weight is 496 g/mol. The van der Waals surface area contributed by atoms with E-state index in [2.05, 4.69) is 4.90 Å². The van der Waals surface area contributed by atoms with E-state index in [1.165, 1.54) is 11.0 Å². The Labute approximate surface area is 206 Å². The van der Waals surface area contributed by atoms with Crippen LogP contribution in [0.3, 0.4) is 0 Å². The number of nitro groups is 1. The standard InChI is InChI=1S/C24H25N5O5S/c1-3-34-23(31)17-5-7-18(8-6-17)28-22(30)21(35-24(28)25)15-16-4-9-19(20(14-16)29(32)33)27-12-10-26(2)11-13-27/h4-9,14-15,25H,3,10-13H2,1-2H3/b21-15-,25-24?. The van der Waals surface area contributed by atoms with Crippen molar-refractivity contribution >= 4 is 51.9 Å². The molecule has 11 heteroatoms. The molecular weight excluding hydrogens is 470 g/mol. The summed E-state index contributed by atoms with van der Waals surface area (Å²) in [5.41, 5.74) is 1.86. The molecule has 0 radical (unpaired) electrons. The summed E-state index contributed by atoms with van der Waals surface area (Å²) in [5.74, 6) is -0.867. The number of thioether (sulfide) groups is 1. The van der Waals surface area contributed by atoms with E-state index in [4.69, 9.17) is 10.1 Å². The Morgan fingerprint density at radius 1 is 1.17 bits per heavy atom. The van der Waals surface area contributed by atoms with Gasteiger partial charge in [0, 0.05) is 32.2 Å². The van der Waals surface area contributed by atoms with E-state index in [9.17, 15) is 19.7 Å². The summed E-state index contributed by atoms with van der Waals surface area (Å²) in [6.07, 6.45) is 1.56. The van der Waals surface area contributed by atoms with Crippen molar-refractivity contribution in [2.45, 2.75) is 6.92 Å². The monoisotopic (exact) mass is 495 g/mol. The van der Waals surface area contributed by atoms with E-state index in [0.29, 0.717) is 35.6 Å². The number of carbonyl (C=O) groups excluding carboxylic acids is 2. The van der Waals surface area contributed by atoms with Crippen LogP contribution < -0.4 is 9.80 Å². The number of esters is 1. The maximum Gasteiger partial charge on any atom is 0.338 e. The third-order valence-electron chi connectivity index (χ3n) is 5.80. The van der Waals surface area contributed by atoms with Crippen LogP contribution >= 0.6 is 11.8 Å². The maximum absolute atomic E-state index is 13.1. The first-order valence-corrected chi connectivity index (χ1v) is 11.9. The molecule has 2 aromatic rings. The zero-order valence-electron chi connectivity index (χ0n) is 19.4. The smallest absolute Gasteiger partial charge is 0.338 e. The third kappa shape index (κ3) is 5.20. The lowest BCUT2D eigenvalue weighted by atomic mass is 10.1. The van der Waals surface area contributed by atoms with Gasteiger partial charge < -0.3 is 14.5 Å². The molecule has 2 heterocycles. The van der Waals surface area contributed by atoms with Crippen molar-refractivity contribution in [3.63, 3.8) is 0 Å². The first-order valence-electron chi connectivity index (χ1n) is 11.1. The summed E-state index contributed by atoms with van der Waals surface area (Å²) in [5, 5.41) is 20.1. The molecule has 2 aliphatic rings. The molecule has 1 N–H and O–H groups in total. The Bertz CT molecular complexity index is 1210. The summed E-state index contributed by atoms with van der Waals surface area (Å²) in [6, 6.07) is 11.2. The number of nitro benzene ring substituents is 1. The summed E-state index contributed by atoms with van der Waals surface area (Å²) in [6.45, 7) is 5.03. The Balaban J connectivity index is 1.56. The highest BCUT2D eigenvalue weighted by atomic mass is 32.2. The van der Waals surface area contributed by atoms with E-state index in [1.54, 1.807) is 49.4 Å². The molecule has 0 atom stereocenters. The summed E-state index contributed by atoms with van der Waals surface area (Å²) in [4.78, 5) is 42.0. The minimum Gasteiger partial charge on any atom is -0.462 e. The molecule has 0 aliphatic carbocycles. The first kappa shape index (κ1) is 24.4. The van der Waals surface area contributed by atoms with Crippen molar-refractivity contribution in [3.05, 3.63) is 68.6 Å². The van der Waals surface area contributed by atoms with Gasteiger partial charge in [0.25, 0.3) is 11.6 Å². The number of amides is 1. The average Bonchev–Trinajstić information content (AvgIpc) is 3.12. The van der Waals surface area contributed by atoms with E-state index < -0.39 is 16.8 Å². The second-order valence-corrected chi connectivity index (χ2v) is 9.15. The molecule has 0 aromatic heterocycles. The molecule has 2 aliphatic heterocycles. The number of carbonyl (C=O) groups is 2. The molecule has 1 amide bonds. The molecule has 0 saturated carbocycles. The molecule has 182 valence electrons. The molecule has 0 bridgehead atoms. The number of hydrogen-bond acceptors (Lipinski definition) is 9. The molecule has 0 unspecified atom stereocenters. The summed E-state index contributed by atoms with van der Waals surface area (Å²) in [7, 11) is 2.02. The molecule has 4 rings (SSSR count). The van der Waals surface area contributed by atoms with Gasteiger partial charge in [-0.25, -0.2) is 4.79 Å². The highest BCUT2D eigenvalue weighted by Gasteiger charge is 2.34. The van der Waals surface area contributed by atoms with Crippen LogP contribution in [0.4, 0.5) is 17.1 Å². The SMILES string of the molecule is CCOC(=O)c1ccc(N2C(=N)S/C(=C\c3ccc(N4CCN(C)CC4)c([N+](=O)[O-])c3)C2=O)cc1. The van der Waals surface area contributed by atoms with Gasteiger partial charge in [-0.15, -0.1) is 0 Å². The fraction of sp³-hybridized carbons (Fsp3) is 0.292. The highest BCUT2D eigenvalue weighted by Crippen LogP contribution is 2.37. The van der Waals surface area contributed by atoms with Gasteiger partial charge in [0.2, 0.25) is 0 Å². The van der Waals surface area contributed by atoms with Crippen LogP contribution in [0.15, 0.2) is 47.4 Å². The Kier molecular flexibility index (Phi) is 7.17. The number of nitrogens with one attached hydrogen (secondary N) is 1. The number of hydrogen-bond donors (Lipinski definition) is 1. The zero-order chi connectivity index (χ0) is 25.1. The van der Waals surface area contributed by atoms with Crippen molar-refractivity contribution in [2.75, 3.05) is 49.6 Å². The van der Waals surface area contributed by atoms with Crippen LogP contribution in [0.5, 0.6) is 0 Å². The van der Waals surface area contributed by atoms with Crippen molar-refractivity contribution in [1.29, 1.82) is 5.41 Å². The van der Waals surface area contributed by atoms with Crippen LogP contribution in [0.1, 0.15) is 22.8 Å². The van der Waals surface area contributed by atoms with Crippen LogP contribution in [-0.2, 0) is 9.53 Å². The van der Waals surface area contributed by atoms with Crippen molar-refractivity contribution in [2.24, 2.45) is 0 Å². The van der Waals surface area contributed by atoms with Gasteiger partial charge in [-0.2, -0.15) is 0 Å². The molecule has 2 saturated heterocycles. The number of rotatable bonds is 6. The number of ether oxygens (including phenoxy) is 1. The topological polar surface area (TPSA) is 120 Å². The fourth-order valence-corrected chi connectivity index (χ4v) is 4.79. The van der Waals surface area contributed by atoms with Gasteiger partial charge in [-0.1, -0.05) is 6.07 Å². The molecular formula is C24H25N5O5S. The van der Waals surface area contributed by atoms with E-state index in [1.807, 2.05) is 11.9 Å². The quantitative estimate of drug-likeness (QED) is 0.279. The number of nitrogens with zero attached hydrogens (tertiary/aromatic N) is 4. The largest absolute Gasteiger partial charge is 0.462 e. The van der Waals surface area contributed by atoms with Crippen LogP contribution in [0, 0.1) is 15.5 Å². The lowest BCUT2D eigenvalue weighted by molar-refractivity contribution is -0.384. The van der Waals surface area contributed by atoms with Gasteiger partial charge in [0.05, 0.1) is 27.7 Å². The normalized spacial score (nSPS) is 17.8. The van der Waals surface area contributed by atoms with E-state index >= 15 is 0 Å². The summed E-state index contributed by atoms with van der Waals surface area (Å²) >= 11 is 0.980.